The highest BCUT2D eigenvalue weighted by Gasteiger charge is 2.44. The van der Waals surface area contributed by atoms with Crippen molar-refractivity contribution in [3.05, 3.63) is 47.5 Å². The van der Waals surface area contributed by atoms with Gasteiger partial charge < -0.3 is 9.47 Å². The molecular formula is C20H25F2N5O. The van der Waals surface area contributed by atoms with E-state index in [0.29, 0.717) is 32.7 Å². The molecule has 3 heterocycles. The Morgan fingerprint density at radius 1 is 0.964 bits per heavy atom. The number of benzene rings is 1. The minimum Gasteiger partial charge on any atom is -0.335 e. The Labute approximate surface area is 163 Å². The molecule has 1 amide bonds. The van der Waals surface area contributed by atoms with E-state index in [4.69, 9.17) is 0 Å². The van der Waals surface area contributed by atoms with Crippen LogP contribution in [0.25, 0.3) is 0 Å². The summed E-state index contributed by atoms with van der Waals surface area (Å²) in [4.78, 5) is 15.8. The summed E-state index contributed by atoms with van der Waals surface area (Å²) in [5.41, 5.74) is -0.256. The third-order valence-corrected chi connectivity index (χ3v) is 5.62. The molecule has 1 saturated heterocycles. The number of hydrogen-bond donors (Lipinski definition) is 0. The molecule has 0 saturated carbocycles. The van der Waals surface area contributed by atoms with Gasteiger partial charge in [-0.25, -0.2) is 0 Å². The Hall–Kier alpha value is -2.35. The molecule has 0 spiro atoms. The number of aromatic nitrogens is 3. The lowest BCUT2D eigenvalue weighted by molar-refractivity contribution is -0.160. The van der Waals surface area contributed by atoms with Gasteiger partial charge in [-0.2, -0.15) is 8.78 Å². The summed E-state index contributed by atoms with van der Waals surface area (Å²) >= 11 is 0. The van der Waals surface area contributed by atoms with Crippen LogP contribution >= 0.6 is 0 Å². The van der Waals surface area contributed by atoms with E-state index in [1.165, 1.54) is 35.6 Å². The van der Waals surface area contributed by atoms with Crippen LogP contribution in [0, 0.1) is 0 Å². The number of amides is 1. The van der Waals surface area contributed by atoms with Gasteiger partial charge in [0.15, 0.2) is 0 Å². The quantitative estimate of drug-likeness (QED) is 0.806. The van der Waals surface area contributed by atoms with Gasteiger partial charge in [-0.05, 0) is 12.8 Å². The molecule has 1 fully saturated rings. The van der Waals surface area contributed by atoms with E-state index in [1.54, 1.807) is 6.07 Å². The number of carbonyl (C=O) groups is 1. The van der Waals surface area contributed by atoms with Gasteiger partial charge in [-0.3, -0.25) is 9.69 Å². The summed E-state index contributed by atoms with van der Waals surface area (Å²) in [6.45, 7) is 3.28. The van der Waals surface area contributed by atoms with Crippen LogP contribution in [0.1, 0.15) is 36.5 Å². The van der Waals surface area contributed by atoms with Crippen LogP contribution in [0.5, 0.6) is 0 Å². The molecular weight excluding hydrogens is 364 g/mol. The Bertz CT molecular complexity index is 815. The van der Waals surface area contributed by atoms with Gasteiger partial charge in [0, 0.05) is 44.7 Å². The topological polar surface area (TPSA) is 54.3 Å². The molecule has 4 rings (SSSR count). The van der Waals surface area contributed by atoms with Gasteiger partial charge in [-0.15, -0.1) is 10.2 Å². The van der Waals surface area contributed by atoms with Crippen LogP contribution in [0.4, 0.5) is 8.78 Å². The van der Waals surface area contributed by atoms with Crippen molar-refractivity contribution in [2.75, 3.05) is 26.2 Å². The summed E-state index contributed by atoms with van der Waals surface area (Å²) in [6, 6.07) is 7.30. The first-order valence-corrected chi connectivity index (χ1v) is 9.92. The first-order chi connectivity index (χ1) is 13.6. The van der Waals surface area contributed by atoms with Crippen LogP contribution in [0.15, 0.2) is 30.3 Å². The fourth-order valence-corrected chi connectivity index (χ4v) is 3.94. The fourth-order valence-electron chi connectivity index (χ4n) is 3.94. The Morgan fingerprint density at radius 3 is 2.46 bits per heavy atom. The number of aryl methyl sites for hydroxylation is 1. The number of piperazine rings is 1. The molecule has 150 valence electrons. The maximum absolute atomic E-state index is 14.5. The maximum Gasteiger partial charge on any atom is 0.349 e. The zero-order chi connectivity index (χ0) is 19.6. The molecule has 0 radical (unpaired) electrons. The fraction of sp³-hybridized carbons (Fsp3) is 0.550. The van der Waals surface area contributed by atoms with E-state index in [1.807, 2.05) is 0 Å². The summed E-state index contributed by atoms with van der Waals surface area (Å²) in [5.74, 6) is -2.63. The lowest BCUT2D eigenvalue weighted by atomic mass is 10.1. The van der Waals surface area contributed by atoms with Crippen molar-refractivity contribution in [2.45, 2.75) is 44.7 Å². The number of halogens is 2. The van der Waals surface area contributed by atoms with Crippen molar-refractivity contribution in [3.63, 3.8) is 0 Å². The minimum absolute atomic E-state index is 0.256. The molecule has 6 nitrogen and oxygen atoms in total. The van der Waals surface area contributed by atoms with E-state index in [2.05, 4.69) is 19.7 Å². The van der Waals surface area contributed by atoms with Crippen LogP contribution in [0.2, 0.25) is 0 Å². The standard InChI is InChI=1S/C20H25F2N5O/c21-20(22,16-7-3-1-4-8-16)19(28)26-13-11-25(12-14-26)15-18-24-23-17-9-5-2-6-10-27(17)18/h1,3-4,7-8H,2,5-6,9-15H2. The first-order valence-electron chi connectivity index (χ1n) is 9.92. The second-order valence-corrected chi connectivity index (χ2v) is 7.50. The number of alkyl halides is 2. The summed E-state index contributed by atoms with van der Waals surface area (Å²) in [7, 11) is 0. The van der Waals surface area contributed by atoms with Gasteiger partial charge in [-0.1, -0.05) is 36.8 Å². The third-order valence-electron chi connectivity index (χ3n) is 5.62. The SMILES string of the molecule is O=C(N1CCN(Cc2nnc3n2CCCCC3)CC1)C(F)(F)c1ccccc1. The molecule has 0 bridgehead atoms. The van der Waals surface area contributed by atoms with Gasteiger partial charge in [0.25, 0.3) is 5.91 Å². The number of fused-ring (bicyclic) bond motifs is 1. The van der Waals surface area contributed by atoms with E-state index in [0.717, 1.165) is 37.5 Å². The van der Waals surface area contributed by atoms with Crippen LogP contribution in [-0.4, -0.2) is 56.7 Å². The smallest absolute Gasteiger partial charge is 0.335 e. The largest absolute Gasteiger partial charge is 0.349 e. The number of carbonyl (C=O) groups excluding carboxylic acids is 1. The van der Waals surface area contributed by atoms with Gasteiger partial charge in [0.2, 0.25) is 0 Å². The van der Waals surface area contributed by atoms with Crippen molar-refractivity contribution in [2.24, 2.45) is 0 Å². The first kappa shape index (κ1) is 19.0. The molecule has 0 aliphatic carbocycles. The van der Waals surface area contributed by atoms with E-state index >= 15 is 0 Å². The molecule has 28 heavy (non-hydrogen) atoms. The zero-order valence-corrected chi connectivity index (χ0v) is 15.9. The van der Waals surface area contributed by atoms with E-state index < -0.39 is 11.8 Å². The average Bonchev–Trinajstić information content (AvgIpc) is 2.94. The van der Waals surface area contributed by atoms with Crippen molar-refractivity contribution in [3.8, 4) is 0 Å². The molecule has 8 heteroatoms. The van der Waals surface area contributed by atoms with Crippen molar-refractivity contribution in [1.29, 1.82) is 0 Å². The second kappa shape index (κ2) is 7.95. The molecule has 2 aliphatic heterocycles. The van der Waals surface area contributed by atoms with Crippen LogP contribution in [-0.2, 0) is 30.2 Å². The highest BCUT2D eigenvalue weighted by molar-refractivity contribution is 5.85. The predicted molar refractivity (Wildman–Crippen MR) is 99.8 cm³/mol. The molecule has 2 aliphatic rings. The maximum atomic E-state index is 14.5. The van der Waals surface area contributed by atoms with Gasteiger partial charge >= 0.3 is 5.92 Å². The van der Waals surface area contributed by atoms with Crippen molar-refractivity contribution >= 4 is 5.91 Å². The lowest BCUT2D eigenvalue weighted by Gasteiger charge is -2.36. The second-order valence-electron chi connectivity index (χ2n) is 7.50. The molecule has 1 aromatic carbocycles. The summed E-state index contributed by atoms with van der Waals surface area (Å²) in [5, 5.41) is 8.65. The molecule has 0 atom stereocenters. The van der Waals surface area contributed by atoms with E-state index in [-0.39, 0.29) is 5.56 Å². The number of nitrogens with zero attached hydrogens (tertiary/aromatic N) is 5. The predicted octanol–water partition coefficient (Wildman–Crippen LogP) is 2.44. The van der Waals surface area contributed by atoms with Gasteiger partial charge in [0.05, 0.1) is 6.54 Å². The molecule has 1 aromatic heterocycles. The Balaban J connectivity index is 1.36. The third kappa shape index (κ3) is 3.78. The summed E-state index contributed by atoms with van der Waals surface area (Å²) < 4.78 is 31.3. The highest BCUT2D eigenvalue weighted by atomic mass is 19.3. The monoisotopic (exact) mass is 389 g/mol. The van der Waals surface area contributed by atoms with E-state index in [9.17, 15) is 13.6 Å². The average molecular weight is 389 g/mol. The van der Waals surface area contributed by atoms with Crippen LogP contribution < -0.4 is 0 Å². The zero-order valence-electron chi connectivity index (χ0n) is 15.9. The highest BCUT2D eigenvalue weighted by Crippen LogP contribution is 2.30. The Morgan fingerprint density at radius 2 is 1.71 bits per heavy atom. The molecule has 0 unspecified atom stereocenters. The lowest BCUT2D eigenvalue weighted by Crippen LogP contribution is -2.52. The van der Waals surface area contributed by atoms with Crippen molar-refractivity contribution < 1.29 is 13.6 Å². The number of rotatable bonds is 4. The molecule has 2 aromatic rings. The number of hydrogen-bond acceptors (Lipinski definition) is 4. The normalized spacial score (nSPS) is 18.6. The minimum atomic E-state index is -3.49. The molecule has 0 N–H and O–H groups in total. The summed E-state index contributed by atoms with van der Waals surface area (Å²) in [6.07, 6.45) is 4.45. The van der Waals surface area contributed by atoms with Crippen molar-refractivity contribution in [1.82, 2.24) is 24.6 Å². The van der Waals surface area contributed by atoms with Crippen LogP contribution in [0.3, 0.4) is 0 Å². The Kier molecular flexibility index (Phi) is 5.39. The van der Waals surface area contributed by atoms with Gasteiger partial charge in [0.1, 0.15) is 11.6 Å².